The predicted molar refractivity (Wildman–Crippen MR) is 124 cm³/mol. The number of aryl methyl sites for hydroxylation is 1. The van der Waals surface area contributed by atoms with Gasteiger partial charge in [-0.05, 0) is 63.6 Å². The van der Waals surface area contributed by atoms with Gasteiger partial charge in [-0.3, -0.25) is 5.32 Å². The molecule has 1 amide bonds. The van der Waals surface area contributed by atoms with Crippen LogP contribution < -0.4 is 16.4 Å². The van der Waals surface area contributed by atoms with Crippen LogP contribution in [-0.2, 0) is 16.1 Å². The summed E-state index contributed by atoms with van der Waals surface area (Å²) in [5, 5.41) is 5.68. The van der Waals surface area contributed by atoms with Gasteiger partial charge in [0.25, 0.3) is 0 Å². The van der Waals surface area contributed by atoms with Gasteiger partial charge in [-0.2, -0.15) is 15.0 Å². The number of amides is 1. The molecule has 33 heavy (non-hydrogen) atoms. The summed E-state index contributed by atoms with van der Waals surface area (Å²) < 4.78 is 10.5. The summed E-state index contributed by atoms with van der Waals surface area (Å²) in [7, 11) is 0. The van der Waals surface area contributed by atoms with Crippen molar-refractivity contribution in [3.05, 3.63) is 65.5 Å². The average Bonchev–Trinajstić information content (AvgIpc) is 2.72. The number of hydrogen-bond acceptors (Lipinski definition) is 9. The first-order chi connectivity index (χ1) is 15.6. The second-order valence-corrected chi connectivity index (χ2v) is 8.15. The first-order valence-electron chi connectivity index (χ1n) is 10.2. The third-order valence-electron chi connectivity index (χ3n) is 4.19. The van der Waals surface area contributed by atoms with Crippen LogP contribution in [0.15, 0.2) is 48.5 Å². The van der Waals surface area contributed by atoms with Gasteiger partial charge in [0.15, 0.2) is 12.4 Å². The van der Waals surface area contributed by atoms with Crippen LogP contribution in [0.4, 0.5) is 28.1 Å². The molecule has 0 aliphatic rings. The first-order valence-corrected chi connectivity index (χ1v) is 10.2. The Bertz CT molecular complexity index is 1140. The fraction of sp³-hybridized carbons (Fsp3) is 0.261. The molecule has 0 saturated carbocycles. The fourth-order valence-corrected chi connectivity index (χ4v) is 2.72. The van der Waals surface area contributed by atoms with Crippen molar-refractivity contribution in [3.63, 3.8) is 0 Å². The smallest absolute Gasteiger partial charge is 0.412 e. The van der Waals surface area contributed by atoms with Gasteiger partial charge in [0, 0.05) is 11.4 Å². The van der Waals surface area contributed by atoms with E-state index in [1.165, 1.54) is 12.1 Å². The Morgan fingerprint density at radius 3 is 2.36 bits per heavy atom. The highest BCUT2D eigenvalue weighted by Crippen LogP contribution is 2.18. The third-order valence-corrected chi connectivity index (χ3v) is 4.19. The molecule has 0 spiro atoms. The lowest BCUT2D eigenvalue weighted by Crippen LogP contribution is -2.27. The maximum Gasteiger partial charge on any atom is 0.412 e. The van der Waals surface area contributed by atoms with Gasteiger partial charge < -0.3 is 20.5 Å². The summed E-state index contributed by atoms with van der Waals surface area (Å²) in [6.45, 7) is 7.07. The minimum Gasteiger partial charge on any atom is -0.454 e. The molecule has 2 aromatic carbocycles. The van der Waals surface area contributed by atoms with Crippen molar-refractivity contribution in [1.82, 2.24) is 15.0 Å². The molecular formula is C23H26N6O4. The lowest BCUT2D eigenvalue weighted by Gasteiger charge is -2.19. The van der Waals surface area contributed by atoms with Crippen LogP contribution in [0.5, 0.6) is 0 Å². The summed E-state index contributed by atoms with van der Waals surface area (Å²) in [6.07, 6.45) is -0.583. The molecule has 0 fully saturated rings. The second kappa shape index (κ2) is 9.94. The number of nitrogens with two attached hydrogens (primary N) is 1. The Kier molecular flexibility index (Phi) is 7.07. The van der Waals surface area contributed by atoms with Gasteiger partial charge in [-0.25, -0.2) is 9.59 Å². The number of nitrogens with zero attached hydrogens (tertiary/aromatic N) is 3. The van der Waals surface area contributed by atoms with Crippen LogP contribution in [0.2, 0.25) is 0 Å². The predicted octanol–water partition coefficient (Wildman–Crippen LogP) is 4.21. The van der Waals surface area contributed by atoms with E-state index in [0.717, 1.165) is 11.3 Å². The molecule has 10 nitrogen and oxygen atoms in total. The highest BCUT2D eigenvalue weighted by Gasteiger charge is 2.16. The number of esters is 1. The molecule has 0 saturated heterocycles. The van der Waals surface area contributed by atoms with Crippen LogP contribution in [0, 0.1) is 6.92 Å². The van der Waals surface area contributed by atoms with Gasteiger partial charge in [0.2, 0.25) is 11.9 Å². The molecule has 1 aromatic heterocycles. The Morgan fingerprint density at radius 1 is 1.00 bits per heavy atom. The van der Waals surface area contributed by atoms with Crippen molar-refractivity contribution in [1.29, 1.82) is 0 Å². The van der Waals surface area contributed by atoms with Gasteiger partial charge in [0.05, 0.1) is 5.56 Å². The summed E-state index contributed by atoms with van der Waals surface area (Å²) in [5.74, 6) is -0.119. The van der Waals surface area contributed by atoms with Gasteiger partial charge in [-0.15, -0.1) is 0 Å². The van der Waals surface area contributed by atoms with E-state index in [1.807, 2.05) is 31.2 Å². The molecule has 1 heterocycles. The average molecular weight is 450 g/mol. The minimum atomic E-state index is -0.610. The molecule has 0 aliphatic carbocycles. The number of ether oxygens (including phenoxy) is 2. The Morgan fingerprint density at radius 2 is 1.70 bits per heavy atom. The Hall–Kier alpha value is -4.21. The molecule has 0 bridgehead atoms. The summed E-state index contributed by atoms with van der Waals surface area (Å²) in [5.41, 5.74) is 7.78. The molecule has 0 atom stereocenters. The monoisotopic (exact) mass is 450 g/mol. The SMILES string of the molecule is Cc1ccccc1Nc1nc(N)nc(COC(=O)c2ccc(NC(=O)OC(C)(C)C)cc2)n1. The van der Waals surface area contributed by atoms with Gasteiger partial charge in [-0.1, -0.05) is 18.2 Å². The zero-order chi connectivity index (χ0) is 24.0. The lowest BCUT2D eigenvalue weighted by atomic mass is 10.2. The van der Waals surface area contributed by atoms with E-state index in [4.69, 9.17) is 15.2 Å². The largest absolute Gasteiger partial charge is 0.454 e. The fourth-order valence-electron chi connectivity index (χ4n) is 2.72. The number of para-hydroxylation sites is 1. The molecule has 0 radical (unpaired) electrons. The summed E-state index contributed by atoms with van der Waals surface area (Å²) in [4.78, 5) is 36.6. The van der Waals surface area contributed by atoms with Crippen LogP contribution >= 0.6 is 0 Å². The number of carbonyl (C=O) groups excluding carboxylic acids is 2. The van der Waals surface area contributed by atoms with E-state index in [0.29, 0.717) is 11.3 Å². The maximum atomic E-state index is 12.4. The van der Waals surface area contributed by atoms with E-state index < -0.39 is 17.7 Å². The van der Waals surface area contributed by atoms with E-state index in [-0.39, 0.29) is 24.3 Å². The zero-order valence-corrected chi connectivity index (χ0v) is 18.9. The van der Waals surface area contributed by atoms with Crippen molar-refractivity contribution in [2.45, 2.75) is 39.9 Å². The van der Waals surface area contributed by atoms with Crippen LogP contribution in [0.25, 0.3) is 0 Å². The van der Waals surface area contributed by atoms with Crippen molar-refractivity contribution in [2.75, 3.05) is 16.4 Å². The molecule has 3 rings (SSSR count). The number of carbonyl (C=O) groups is 2. The van der Waals surface area contributed by atoms with E-state index in [2.05, 4.69) is 25.6 Å². The van der Waals surface area contributed by atoms with Crippen molar-refractivity contribution in [2.24, 2.45) is 0 Å². The number of hydrogen-bond donors (Lipinski definition) is 3. The van der Waals surface area contributed by atoms with Gasteiger partial charge in [0.1, 0.15) is 5.60 Å². The summed E-state index contributed by atoms with van der Waals surface area (Å²) in [6, 6.07) is 13.9. The Labute approximate surface area is 191 Å². The molecule has 172 valence electrons. The number of aromatic nitrogens is 3. The van der Waals surface area contributed by atoms with Crippen molar-refractivity contribution >= 4 is 35.3 Å². The number of anilines is 4. The van der Waals surface area contributed by atoms with Crippen LogP contribution in [0.1, 0.15) is 42.5 Å². The normalized spacial score (nSPS) is 10.9. The standard InChI is InChI=1S/C23H26N6O4/c1-14-7-5-6-8-17(14)26-21-28-18(27-20(24)29-21)13-32-19(30)15-9-11-16(12-10-15)25-22(31)33-23(2,3)4/h5-12H,13H2,1-4H3,(H,25,31)(H3,24,26,27,28,29). The molecule has 4 N–H and O–H groups in total. The van der Waals surface area contributed by atoms with E-state index in [1.54, 1.807) is 32.9 Å². The third kappa shape index (κ3) is 7.17. The quantitative estimate of drug-likeness (QED) is 0.471. The number of rotatable bonds is 6. The Balaban J connectivity index is 1.59. The molecule has 3 aromatic rings. The van der Waals surface area contributed by atoms with E-state index in [9.17, 15) is 9.59 Å². The minimum absolute atomic E-state index is 0.00435. The van der Waals surface area contributed by atoms with Crippen LogP contribution in [-0.4, -0.2) is 32.6 Å². The highest BCUT2D eigenvalue weighted by molar-refractivity contribution is 5.91. The van der Waals surface area contributed by atoms with Crippen LogP contribution in [0.3, 0.4) is 0 Å². The zero-order valence-electron chi connectivity index (χ0n) is 18.9. The van der Waals surface area contributed by atoms with Crippen molar-refractivity contribution in [3.8, 4) is 0 Å². The lowest BCUT2D eigenvalue weighted by molar-refractivity contribution is 0.0462. The highest BCUT2D eigenvalue weighted by atomic mass is 16.6. The molecular weight excluding hydrogens is 424 g/mol. The number of nitrogen functional groups attached to an aromatic ring is 1. The second-order valence-electron chi connectivity index (χ2n) is 8.15. The van der Waals surface area contributed by atoms with Crippen molar-refractivity contribution < 1.29 is 19.1 Å². The first kappa shape index (κ1) is 23.5. The summed E-state index contributed by atoms with van der Waals surface area (Å²) >= 11 is 0. The number of benzene rings is 2. The topological polar surface area (TPSA) is 141 Å². The number of nitrogens with one attached hydrogen (secondary N) is 2. The van der Waals surface area contributed by atoms with Gasteiger partial charge >= 0.3 is 12.1 Å². The maximum absolute atomic E-state index is 12.4. The molecule has 0 unspecified atom stereocenters. The molecule has 10 heteroatoms. The van der Waals surface area contributed by atoms with E-state index >= 15 is 0 Å². The molecule has 0 aliphatic heterocycles.